The van der Waals surface area contributed by atoms with Gasteiger partial charge in [0.2, 0.25) is 0 Å². The molecule has 7 rings (SSSR count). The summed E-state index contributed by atoms with van der Waals surface area (Å²) in [6.45, 7) is 10.8. The average Bonchev–Trinajstić information content (AvgIpc) is 3.82. The van der Waals surface area contributed by atoms with Crippen molar-refractivity contribution >= 4 is 78.3 Å². The molecule has 0 saturated heterocycles. The molecule has 2 heterocycles. The van der Waals surface area contributed by atoms with Gasteiger partial charge in [0.15, 0.2) is 0 Å². The zero-order valence-corrected chi connectivity index (χ0v) is 38.9. The van der Waals surface area contributed by atoms with Crippen LogP contribution in [0.4, 0.5) is 0 Å². The van der Waals surface area contributed by atoms with Gasteiger partial charge in [0.05, 0.1) is 43.5 Å². The third-order valence-corrected chi connectivity index (χ3v) is 12.0. The predicted molar refractivity (Wildman–Crippen MR) is 241 cm³/mol. The van der Waals surface area contributed by atoms with Gasteiger partial charge in [0.25, 0.3) is 0 Å². The van der Waals surface area contributed by atoms with Gasteiger partial charge in [-0.1, -0.05) is 96.5 Å². The number of benzene rings is 5. The Hall–Kier alpha value is -2.66. The van der Waals surface area contributed by atoms with E-state index in [1.165, 1.54) is 55.6 Å². The monoisotopic (exact) mass is 966 g/mol. The van der Waals surface area contributed by atoms with Crippen LogP contribution in [0.15, 0.2) is 72.8 Å². The molecule has 5 aromatic rings. The molecule has 0 bridgehead atoms. The van der Waals surface area contributed by atoms with Crippen LogP contribution in [0, 0.1) is 20.8 Å². The van der Waals surface area contributed by atoms with E-state index in [2.05, 4.69) is 66.3 Å². The Morgan fingerprint density at radius 1 is 0.536 bits per heavy atom. The first-order valence-electron chi connectivity index (χ1n) is 17.8. The summed E-state index contributed by atoms with van der Waals surface area (Å²) in [5.74, 6) is 3.11. The number of hydrogen-bond acceptors (Lipinski definition) is 6. The summed E-state index contributed by atoms with van der Waals surface area (Å²) >= 11 is 30.8. The van der Waals surface area contributed by atoms with Crippen LogP contribution < -0.4 is 24.3 Å². The Morgan fingerprint density at radius 2 is 1.02 bits per heavy atom. The van der Waals surface area contributed by atoms with Crippen molar-refractivity contribution in [2.75, 3.05) is 28.4 Å². The fraction of sp³-hybridized carbons (Fsp3) is 0.318. The smallest absolute Gasteiger partial charge is 0.137 e. The van der Waals surface area contributed by atoms with Crippen molar-refractivity contribution in [1.82, 2.24) is 10.2 Å². The Labute approximate surface area is 368 Å². The number of alkyl halides is 2. The number of ether oxygens (including phenoxy) is 4. The van der Waals surface area contributed by atoms with E-state index < -0.39 is 0 Å². The van der Waals surface area contributed by atoms with Crippen molar-refractivity contribution < 1.29 is 18.9 Å². The van der Waals surface area contributed by atoms with Crippen molar-refractivity contribution in [3.8, 4) is 23.0 Å². The number of fused-ring (bicyclic) bond motifs is 2. The molecule has 0 aliphatic carbocycles. The molecule has 300 valence electrons. The average molecular weight is 970 g/mol. The van der Waals surface area contributed by atoms with Crippen LogP contribution in [0.25, 0.3) is 0 Å². The van der Waals surface area contributed by atoms with E-state index in [4.69, 9.17) is 65.4 Å². The molecular formula is C44H48Br2Cl4N2O4. The molecule has 56 heavy (non-hydrogen) atoms. The number of nitrogens with one attached hydrogen (secondary N) is 1. The second-order valence-electron chi connectivity index (χ2n) is 13.3. The molecule has 6 nitrogen and oxygen atoms in total. The lowest BCUT2D eigenvalue weighted by Crippen LogP contribution is -2.15. The van der Waals surface area contributed by atoms with Crippen molar-refractivity contribution in [2.45, 2.75) is 64.2 Å². The number of methoxy groups -OCH3 is 4. The standard InChI is InChI=1S/C17H18ClNO2.C9H9Br2ClO.C9H10ClN.C9H11ClO/c1-20-15-5-3-12(4-6-15)9-19-10-13-7-16(18)17(21-2)8-14(13)11-19;1-13-9-3-7(5-11)6(4-10)2-8(9)12;1-6-2-7-4-11-5-8(7)3-9(6)10;1-6-4-8(10)9(11-3)5-7(6)2/h3-8H,9-11H2,1-2H3;2-3H,4-5H2,1H3;2-3,11H,4-5H2,1H3;4-5H,1-3H3. The summed E-state index contributed by atoms with van der Waals surface area (Å²) in [6.07, 6.45) is 0. The molecule has 0 spiro atoms. The molecule has 12 heteroatoms. The lowest BCUT2D eigenvalue weighted by atomic mass is 10.1. The van der Waals surface area contributed by atoms with Crippen LogP contribution in [-0.2, 0) is 43.4 Å². The largest absolute Gasteiger partial charge is 0.497 e. The molecule has 1 N–H and O–H groups in total. The van der Waals surface area contributed by atoms with Gasteiger partial charge in [0.1, 0.15) is 23.0 Å². The second-order valence-corrected chi connectivity index (χ2v) is 16.1. The highest BCUT2D eigenvalue weighted by molar-refractivity contribution is 9.09. The number of hydrogen-bond donors (Lipinski definition) is 1. The third-order valence-electron chi connectivity index (χ3n) is 9.47. The molecule has 0 radical (unpaired) electrons. The van der Waals surface area contributed by atoms with Crippen LogP contribution in [0.5, 0.6) is 23.0 Å². The van der Waals surface area contributed by atoms with Gasteiger partial charge >= 0.3 is 0 Å². The maximum absolute atomic E-state index is 6.19. The Balaban J connectivity index is 0.000000174. The molecule has 2 aliphatic rings. The van der Waals surface area contributed by atoms with Gasteiger partial charge in [-0.05, 0) is 131 Å². The van der Waals surface area contributed by atoms with Crippen LogP contribution >= 0.6 is 78.3 Å². The van der Waals surface area contributed by atoms with E-state index in [1.54, 1.807) is 28.4 Å². The lowest BCUT2D eigenvalue weighted by molar-refractivity contribution is 0.275. The number of rotatable bonds is 8. The normalized spacial score (nSPS) is 12.5. The second kappa shape index (κ2) is 22.5. The van der Waals surface area contributed by atoms with E-state index in [9.17, 15) is 0 Å². The molecule has 0 saturated carbocycles. The first-order chi connectivity index (χ1) is 26.8. The number of halogens is 6. The molecule has 2 aliphatic heterocycles. The zero-order chi connectivity index (χ0) is 40.9. The Morgan fingerprint density at radius 3 is 1.61 bits per heavy atom. The van der Waals surface area contributed by atoms with E-state index >= 15 is 0 Å². The molecule has 0 amide bonds. The minimum Gasteiger partial charge on any atom is -0.497 e. The highest BCUT2D eigenvalue weighted by Gasteiger charge is 2.21. The summed E-state index contributed by atoms with van der Waals surface area (Å²) in [5.41, 5.74) is 12.5. The van der Waals surface area contributed by atoms with E-state index in [0.717, 1.165) is 71.4 Å². The summed E-state index contributed by atoms with van der Waals surface area (Å²) in [5, 5.41) is 7.79. The molecule has 0 aromatic heterocycles. The highest BCUT2D eigenvalue weighted by atomic mass is 79.9. The van der Waals surface area contributed by atoms with Gasteiger partial charge in [-0.15, -0.1) is 0 Å². The lowest BCUT2D eigenvalue weighted by Gasteiger charge is -2.14. The highest BCUT2D eigenvalue weighted by Crippen LogP contribution is 2.34. The summed E-state index contributed by atoms with van der Waals surface area (Å²) in [6, 6.07) is 24.2. The SMILES string of the molecule is COc1cc(C)c(C)cc1Cl.COc1cc(CBr)c(CBr)cc1Cl.COc1ccc(CN2Cc3cc(Cl)c(OC)cc3C2)cc1.Cc1cc2c(cc1Cl)CNC2. The molecule has 0 fully saturated rings. The van der Waals surface area contributed by atoms with Gasteiger partial charge in [0, 0.05) is 48.4 Å². The Bertz CT molecular complexity index is 2040. The van der Waals surface area contributed by atoms with Crippen LogP contribution in [0.2, 0.25) is 20.1 Å². The van der Waals surface area contributed by atoms with Crippen LogP contribution in [0.3, 0.4) is 0 Å². The molecule has 0 atom stereocenters. The van der Waals surface area contributed by atoms with Crippen molar-refractivity contribution in [3.05, 3.63) is 149 Å². The summed E-state index contributed by atoms with van der Waals surface area (Å²) in [4.78, 5) is 2.39. The van der Waals surface area contributed by atoms with E-state index in [1.807, 2.05) is 69.3 Å². The summed E-state index contributed by atoms with van der Waals surface area (Å²) in [7, 11) is 6.57. The fourth-order valence-corrected chi connectivity index (χ4v) is 8.17. The van der Waals surface area contributed by atoms with Crippen molar-refractivity contribution in [3.63, 3.8) is 0 Å². The fourth-order valence-electron chi connectivity index (χ4n) is 6.12. The minimum atomic E-state index is 0.654. The maximum atomic E-state index is 6.19. The van der Waals surface area contributed by atoms with Gasteiger partial charge in [-0.2, -0.15) is 0 Å². The first kappa shape index (κ1) is 46.0. The van der Waals surface area contributed by atoms with Gasteiger partial charge < -0.3 is 24.3 Å². The summed E-state index contributed by atoms with van der Waals surface area (Å²) < 4.78 is 20.6. The van der Waals surface area contributed by atoms with Crippen molar-refractivity contribution in [1.29, 1.82) is 0 Å². The number of aryl methyl sites for hydroxylation is 3. The third kappa shape index (κ3) is 12.7. The van der Waals surface area contributed by atoms with Gasteiger partial charge in [-0.25, -0.2) is 0 Å². The van der Waals surface area contributed by atoms with Gasteiger partial charge in [-0.3, -0.25) is 4.90 Å². The quantitative estimate of drug-likeness (QED) is 0.156. The number of nitrogens with zero attached hydrogens (tertiary/aromatic N) is 1. The molecule has 5 aromatic carbocycles. The molecular weight excluding hydrogens is 922 g/mol. The van der Waals surface area contributed by atoms with E-state index in [-0.39, 0.29) is 0 Å². The van der Waals surface area contributed by atoms with E-state index in [0.29, 0.717) is 15.1 Å². The minimum absolute atomic E-state index is 0.654. The Kier molecular flexibility index (Phi) is 18.5. The zero-order valence-electron chi connectivity index (χ0n) is 32.7. The van der Waals surface area contributed by atoms with Crippen LogP contribution in [0.1, 0.15) is 55.6 Å². The maximum Gasteiger partial charge on any atom is 0.137 e. The van der Waals surface area contributed by atoms with Crippen molar-refractivity contribution in [2.24, 2.45) is 0 Å². The first-order valence-corrected chi connectivity index (χ1v) is 21.6. The van der Waals surface area contributed by atoms with Crippen LogP contribution in [-0.4, -0.2) is 33.3 Å². The molecule has 0 unspecified atom stereocenters. The predicted octanol–water partition coefficient (Wildman–Crippen LogP) is 13.2. The topological polar surface area (TPSA) is 52.2 Å².